The number of ether oxygens (including phenoxy) is 1. The number of likely N-dealkylation sites (tertiary alicyclic amines) is 1. The van der Waals surface area contributed by atoms with Gasteiger partial charge in [0, 0.05) is 24.7 Å². The molecule has 9 heteroatoms. The van der Waals surface area contributed by atoms with Crippen LogP contribution in [0.15, 0.2) is 58.5 Å². The normalized spacial score (nSPS) is 17.5. The summed E-state index contributed by atoms with van der Waals surface area (Å²) >= 11 is 7.36. The van der Waals surface area contributed by atoms with Crippen molar-refractivity contribution in [3.63, 3.8) is 0 Å². The van der Waals surface area contributed by atoms with Crippen molar-refractivity contribution in [3.8, 4) is 0 Å². The molecule has 1 saturated heterocycles. The van der Waals surface area contributed by atoms with Gasteiger partial charge in [-0.25, -0.2) is 4.98 Å². The van der Waals surface area contributed by atoms with Gasteiger partial charge < -0.3 is 9.64 Å². The van der Waals surface area contributed by atoms with Crippen molar-refractivity contribution < 1.29 is 14.3 Å². The number of amides is 1. The van der Waals surface area contributed by atoms with E-state index in [1.807, 2.05) is 44.2 Å². The molecule has 1 fully saturated rings. The van der Waals surface area contributed by atoms with Crippen LogP contribution in [0.3, 0.4) is 0 Å². The second-order valence-electron chi connectivity index (χ2n) is 8.37. The maximum absolute atomic E-state index is 13.9. The predicted molar refractivity (Wildman–Crippen MR) is 133 cm³/mol. The Hall–Kier alpha value is -2.84. The largest absolute Gasteiger partial charge is 0.469 e. The first-order valence-corrected chi connectivity index (χ1v) is 12.3. The number of fused-ring (bicyclic) bond motifs is 1. The minimum absolute atomic E-state index is 0.136. The van der Waals surface area contributed by atoms with E-state index in [1.54, 1.807) is 27.7 Å². The molecule has 3 aromatic rings. The van der Waals surface area contributed by atoms with Crippen molar-refractivity contribution in [1.29, 1.82) is 0 Å². The SMILES string of the molecule is CCn1c(SC(C)(C(=O)N2CC[C@H](C(=O)OC)C2)c2ccccc2)nc2ccc(Cl)cc2c1=O. The fourth-order valence-electron chi connectivity index (χ4n) is 4.30. The lowest BCUT2D eigenvalue weighted by Crippen LogP contribution is -2.43. The van der Waals surface area contributed by atoms with Crippen molar-refractivity contribution in [3.05, 3.63) is 69.5 Å². The highest BCUT2D eigenvalue weighted by atomic mass is 35.5. The average Bonchev–Trinajstić information content (AvgIpc) is 3.34. The molecule has 1 aromatic heterocycles. The van der Waals surface area contributed by atoms with E-state index in [-0.39, 0.29) is 23.4 Å². The first kappa shape index (κ1) is 24.3. The van der Waals surface area contributed by atoms with Crippen LogP contribution in [0.4, 0.5) is 0 Å². The van der Waals surface area contributed by atoms with Crippen LogP contribution in [0.5, 0.6) is 0 Å². The third-order valence-corrected chi connectivity index (χ3v) is 7.78. The number of hydrogen-bond acceptors (Lipinski definition) is 6. The zero-order valence-electron chi connectivity index (χ0n) is 19.3. The standard InChI is InChI=1S/C25H26ClN3O4S/c1-4-29-21(30)19-14-18(26)10-11-20(19)27-24(29)34-25(2,17-8-6-5-7-9-17)23(32)28-13-12-16(15-28)22(31)33-3/h5-11,14,16H,4,12-13,15H2,1-3H3/t16-,25?/m0/s1. The third-order valence-electron chi connectivity index (χ3n) is 6.24. The Morgan fingerprint density at radius 1 is 1.24 bits per heavy atom. The van der Waals surface area contributed by atoms with Crippen molar-refractivity contribution in [2.45, 2.75) is 36.7 Å². The summed E-state index contributed by atoms with van der Waals surface area (Å²) in [5.41, 5.74) is 1.11. The summed E-state index contributed by atoms with van der Waals surface area (Å²) in [6.07, 6.45) is 0.558. The van der Waals surface area contributed by atoms with Gasteiger partial charge in [0.15, 0.2) is 5.16 Å². The van der Waals surface area contributed by atoms with Crippen LogP contribution in [0.1, 0.15) is 25.8 Å². The molecule has 178 valence electrons. The molecule has 4 rings (SSSR count). The van der Waals surface area contributed by atoms with Crippen molar-refractivity contribution >= 4 is 46.1 Å². The number of aromatic nitrogens is 2. The number of halogens is 1. The summed E-state index contributed by atoms with van der Waals surface area (Å²) in [6, 6.07) is 14.5. The molecule has 2 aromatic carbocycles. The molecule has 7 nitrogen and oxygen atoms in total. The topological polar surface area (TPSA) is 81.5 Å². The van der Waals surface area contributed by atoms with Gasteiger partial charge in [-0.05, 0) is 44.0 Å². The maximum atomic E-state index is 13.9. The Kier molecular flexibility index (Phi) is 7.00. The molecule has 2 heterocycles. The van der Waals surface area contributed by atoms with E-state index >= 15 is 0 Å². The van der Waals surface area contributed by atoms with Gasteiger partial charge in [0.25, 0.3) is 5.56 Å². The second kappa shape index (κ2) is 9.80. The number of esters is 1. The van der Waals surface area contributed by atoms with Crippen molar-refractivity contribution in [2.75, 3.05) is 20.2 Å². The summed E-state index contributed by atoms with van der Waals surface area (Å²) in [5, 5.41) is 1.35. The minimum Gasteiger partial charge on any atom is -0.469 e. The molecule has 0 bridgehead atoms. The number of carbonyl (C=O) groups excluding carboxylic acids is 2. The molecule has 0 aliphatic carbocycles. The number of carbonyl (C=O) groups is 2. The predicted octanol–water partition coefficient (Wildman–Crippen LogP) is 4.10. The highest BCUT2D eigenvalue weighted by Crippen LogP contribution is 2.43. The first-order valence-electron chi connectivity index (χ1n) is 11.1. The molecule has 0 spiro atoms. The van der Waals surface area contributed by atoms with Gasteiger partial charge in [-0.1, -0.05) is 53.7 Å². The van der Waals surface area contributed by atoms with Gasteiger partial charge >= 0.3 is 5.97 Å². The number of rotatable bonds is 6. The summed E-state index contributed by atoms with van der Waals surface area (Å²) in [7, 11) is 1.36. The lowest BCUT2D eigenvalue weighted by Gasteiger charge is -2.33. The number of hydrogen-bond donors (Lipinski definition) is 0. The molecule has 1 unspecified atom stereocenters. The lowest BCUT2D eigenvalue weighted by molar-refractivity contribution is -0.145. The van der Waals surface area contributed by atoms with E-state index in [4.69, 9.17) is 21.3 Å². The van der Waals surface area contributed by atoms with E-state index < -0.39 is 4.75 Å². The van der Waals surface area contributed by atoms with Crippen LogP contribution < -0.4 is 5.56 Å². The molecule has 1 aliphatic heterocycles. The zero-order valence-corrected chi connectivity index (χ0v) is 20.9. The highest BCUT2D eigenvalue weighted by Gasteiger charge is 2.44. The minimum atomic E-state index is -1.07. The van der Waals surface area contributed by atoms with E-state index in [1.165, 1.54) is 18.9 Å². The van der Waals surface area contributed by atoms with Crippen LogP contribution in [0.2, 0.25) is 5.02 Å². The molecule has 2 atom stereocenters. The Morgan fingerprint density at radius 2 is 1.97 bits per heavy atom. The fraction of sp³-hybridized carbons (Fsp3) is 0.360. The first-order chi connectivity index (χ1) is 16.3. The number of thioether (sulfide) groups is 1. The van der Waals surface area contributed by atoms with Crippen molar-refractivity contribution in [1.82, 2.24) is 14.5 Å². The smallest absolute Gasteiger partial charge is 0.310 e. The molecule has 1 amide bonds. The molecule has 34 heavy (non-hydrogen) atoms. The van der Waals surface area contributed by atoms with E-state index in [0.29, 0.717) is 47.1 Å². The zero-order chi connectivity index (χ0) is 24.5. The van der Waals surface area contributed by atoms with E-state index in [9.17, 15) is 14.4 Å². The Balaban J connectivity index is 1.78. The maximum Gasteiger partial charge on any atom is 0.310 e. The number of methoxy groups -OCH3 is 1. The van der Waals surface area contributed by atoms with Crippen LogP contribution >= 0.6 is 23.4 Å². The molecular formula is C25H26ClN3O4S. The Bertz CT molecular complexity index is 1300. The molecule has 0 saturated carbocycles. The van der Waals surface area contributed by atoms with E-state index in [0.717, 1.165) is 5.56 Å². The van der Waals surface area contributed by atoms with Gasteiger partial charge in [-0.15, -0.1) is 0 Å². The second-order valence-corrected chi connectivity index (χ2v) is 10.2. The number of benzene rings is 2. The Morgan fingerprint density at radius 3 is 2.65 bits per heavy atom. The van der Waals surface area contributed by atoms with Crippen molar-refractivity contribution in [2.24, 2.45) is 5.92 Å². The Labute approximate surface area is 207 Å². The van der Waals surface area contributed by atoms with E-state index in [2.05, 4.69) is 0 Å². The monoisotopic (exact) mass is 499 g/mol. The summed E-state index contributed by atoms with van der Waals surface area (Å²) in [6.45, 7) is 4.87. The number of nitrogens with zero attached hydrogens (tertiary/aromatic N) is 3. The molecule has 1 aliphatic rings. The molecular weight excluding hydrogens is 474 g/mol. The van der Waals surface area contributed by atoms with Crippen LogP contribution in [0, 0.1) is 5.92 Å². The van der Waals surface area contributed by atoms with Crippen LogP contribution in [-0.4, -0.2) is 46.5 Å². The highest BCUT2D eigenvalue weighted by molar-refractivity contribution is 8.00. The van der Waals surface area contributed by atoms with Gasteiger partial charge in [-0.2, -0.15) is 0 Å². The van der Waals surface area contributed by atoms with Gasteiger partial charge in [0.2, 0.25) is 5.91 Å². The quantitative estimate of drug-likeness (QED) is 0.288. The average molecular weight is 500 g/mol. The molecule has 0 N–H and O–H groups in total. The van der Waals surface area contributed by atoms with Crippen LogP contribution in [0.25, 0.3) is 10.9 Å². The molecule has 0 radical (unpaired) electrons. The van der Waals surface area contributed by atoms with Gasteiger partial charge in [-0.3, -0.25) is 19.0 Å². The lowest BCUT2D eigenvalue weighted by atomic mass is 9.98. The summed E-state index contributed by atoms with van der Waals surface area (Å²) in [4.78, 5) is 45.7. The fourth-order valence-corrected chi connectivity index (χ4v) is 5.77. The van der Waals surface area contributed by atoms with Crippen LogP contribution in [-0.2, 0) is 25.6 Å². The summed E-state index contributed by atoms with van der Waals surface area (Å²) < 4.78 is 5.38. The summed E-state index contributed by atoms with van der Waals surface area (Å²) in [5.74, 6) is -0.779. The van der Waals surface area contributed by atoms with Gasteiger partial charge in [0.1, 0.15) is 4.75 Å². The van der Waals surface area contributed by atoms with Gasteiger partial charge in [0.05, 0.1) is 23.9 Å². The third kappa shape index (κ3) is 4.44.